The highest BCUT2D eigenvalue weighted by Crippen LogP contribution is 2.25. The lowest BCUT2D eigenvalue weighted by Crippen LogP contribution is -2.42. The van der Waals surface area contributed by atoms with Gasteiger partial charge >= 0.3 is 0 Å². The monoisotopic (exact) mass is 336 g/mol. The van der Waals surface area contributed by atoms with E-state index in [9.17, 15) is 8.42 Å². The first-order valence-corrected chi connectivity index (χ1v) is 9.02. The second-order valence-electron chi connectivity index (χ2n) is 5.51. The highest BCUT2D eigenvalue weighted by Gasteiger charge is 2.33. The number of aromatic nitrogens is 3. The third-order valence-electron chi connectivity index (χ3n) is 3.96. The van der Waals surface area contributed by atoms with Crippen LogP contribution in [0.2, 0.25) is 0 Å². The predicted octanol–water partition coefficient (Wildman–Crippen LogP) is 1.37. The van der Waals surface area contributed by atoms with E-state index in [0.717, 1.165) is 5.56 Å². The van der Waals surface area contributed by atoms with Crippen LogP contribution < -0.4 is 0 Å². The molecule has 1 unspecified atom stereocenters. The van der Waals surface area contributed by atoms with Crippen molar-refractivity contribution >= 4 is 10.0 Å². The second kappa shape index (κ2) is 6.38. The third kappa shape index (κ3) is 3.15. The molecule has 1 aromatic carbocycles. The van der Waals surface area contributed by atoms with Crippen LogP contribution in [0.5, 0.6) is 0 Å². The molecule has 1 aliphatic heterocycles. The van der Waals surface area contributed by atoms with Crippen LogP contribution in [0.15, 0.2) is 35.5 Å². The molecule has 1 aromatic heterocycles. The summed E-state index contributed by atoms with van der Waals surface area (Å²) >= 11 is 0. The van der Waals surface area contributed by atoms with Gasteiger partial charge in [0.2, 0.25) is 10.0 Å². The van der Waals surface area contributed by atoms with Gasteiger partial charge in [0, 0.05) is 19.6 Å². The Morgan fingerprint density at radius 3 is 2.74 bits per heavy atom. The highest BCUT2D eigenvalue weighted by atomic mass is 32.2. The van der Waals surface area contributed by atoms with E-state index >= 15 is 0 Å². The SMILES string of the molecule is CCn1cnnc1C1CN(S(=O)(=O)c2ccc(C)cc2)CCO1. The van der Waals surface area contributed by atoms with Gasteiger partial charge in [-0.1, -0.05) is 17.7 Å². The molecule has 1 saturated heterocycles. The summed E-state index contributed by atoms with van der Waals surface area (Å²) in [6.45, 7) is 5.55. The molecule has 0 saturated carbocycles. The van der Waals surface area contributed by atoms with Gasteiger partial charge in [-0.3, -0.25) is 0 Å². The number of hydrogen-bond donors (Lipinski definition) is 0. The van der Waals surface area contributed by atoms with E-state index in [1.165, 1.54) is 4.31 Å². The van der Waals surface area contributed by atoms with Crippen LogP contribution in [0.1, 0.15) is 24.4 Å². The van der Waals surface area contributed by atoms with Gasteiger partial charge in [0.15, 0.2) is 5.82 Å². The number of rotatable bonds is 4. The van der Waals surface area contributed by atoms with Crippen LogP contribution in [0.3, 0.4) is 0 Å². The summed E-state index contributed by atoms with van der Waals surface area (Å²) < 4.78 is 34.6. The van der Waals surface area contributed by atoms with Crippen molar-refractivity contribution in [1.29, 1.82) is 0 Å². The first kappa shape index (κ1) is 16.1. The van der Waals surface area contributed by atoms with Gasteiger partial charge in [0.1, 0.15) is 12.4 Å². The van der Waals surface area contributed by atoms with Crippen molar-refractivity contribution < 1.29 is 13.2 Å². The zero-order valence-electron chi connectivity index (χ0n) is 13.2. The summed E-state index contributed by atoms with van der Waals surface area (Å²) in [7, 11) is -3.53. The highest BCUT2D eigenvalue weighted by molar-refractivity contribution is 7.89. The van der Waals surface area contributed by atoms with Crippen LogP contribution in [0.25, 0.3) is 0 Å². The molecule has 0 N–H and O–H groups in total. The second-order valence-corrected chi connectivity index (χ2v) is 7.45. The van der Waals surface area contributed by atoms with Gasteiger partial charge in [0.05, 0.1) is 11.5 Å². The summed E-state index contributed by atoms with van der Waals surface area (Å²) in [6.07, 6.45) is 1.23. The Morgan fingerprint density at radius 1 is 1.30 bits per heavy atom. The number of morpholine rings is 1. The van der Waals surface area contributed by atoms with Crippen molar-refractivity contribution in [2.75, 3.05) is 19.7 Å². The van der Waals surface area contributed by atoms with E-state index in [1.807, 2.05) is 18.4 Å². The fourth-order valence-electron chi connectivity index (χ4n) is 2.62. The van der Waals surface area contributed by atoms with Gasteiger partial charge in [0.25, 0.3) is 0 Å². The Labute approximate surface area is 135 Å². The van der Waals surface area contributed by atoms with Gasteiger partial charge < -0.3 is 9.30 Å². The molecular weight excluding hydrogens is 316 g/mol. The lowest BCUT2D eigenvalue weighted by Gasteiger charge is -2.31. The van der Waals surface area contributed by atoms with E-state index in [0.29, 0.717) is 30.4 Å². The lowest BCUT2D eigenvalue weighted by atomic mass is 10.2. The Kier molecular flexibility index (Phi) is 4.47. The molecular formula is C15H20N4O3S. The van der Waals surface area contributed by atoms with Crippen LogP contribution >= 0.6 is 0 Å². The zero-order valence-corrected chi connectivity index (χ0v) is 14.0. The van der Waals surface area contributed by atoms with E-state index in [1.54, 1.807) is 30.6 Å². The Balaban J connectivity index is 1.84. The number of hydrogen-bond acceptors (Lipinski definition) is 5. The molecule has 1 atom stereocenters. The number of sulfonamides is 1. The van der Waals surface area contributed by atoms with Crippen molar-refractivity contribution in [2.24, 2.45) is 0 Å². The standard InChI is InChI=1S/C15H20N4O3S/c1-3-18-11-16-17-15(18)14-10-19(8-9-22-14)23(20,21)13-6-4-12(2)5-7-13/h4-7,11,14H,3,8-10H2,1-2H3. The molecule has 0 radical (unpaired) electrons. The first-order chi connectivity index (χ1) is 11.0. The molecule has 8 heteroatoms. The topological polar surface area (TPSA) is 77.3 Å². The molecule has 3 rings (SSSR count). The number of benzene rings is 1. The molecule has 7 nitrogen and oxygen atoms in total. The zero-order chi connectivity index (χ0) is 16.4. The average Bonchev–Trinajstić information content (AvgIpc) is 3.04. The van der Waals surface area contributed by atoms with Crippen molar-refractivity contribution in [3.63, 3.8) is 0 Å². The molecule has 0 aliphatic carbocycles. The maximum absolute atomic E-state index is 12.8. The molecule has 2 aromatic rings. The van der Waals surface area contributed by atoms with E-state index in [2.05, 4.69) is 10.2 Å². The molecule has 124 valence electrons. The average molecular weight is 336 g/mol. The summed E-state index contributed by atoms with van der Waals surface area (Å²) in [5.41, 5.74) is 1.03. The van der Waals surface area contributed by atoms with Crippen LogP contribution in [0, 0.1) is 6.92 Å². The van der Waals surface area contributed by atoms with E-state index in [4.69, 9.17) is 4.74 Å². The first-order valence-electron chi connectivity index (χ1n) is 7.58. The Morgan fingerprint density at radius 2 is 2.04 bits per heavy atom. The number of aryl methyl sites for hydroxylation is 2. The van der Waals surface area contributed by atoms with Gasteiger partial charge in [-0.25, -0.2) is 8.42 Å². The number of nitrogens with zero attached hydrogens (tertiary/aromatic N) is 4. The summed E-state index contributed by atoms with van der Waals surface area (Å²) in [6, 6.07) is 6.89. The van der Waals surface area contributed by atoms with Gasteiger partial charge in [-0.2, -0.15) is 4.31 Å². The smallest absolute Gasteiger partial charge is 0.243 e. The van der Waals surface area contributed by atoms with Crippen molar-refractivity contribution in [1.82, 2.24) is 19.1 Å². The van der Waals surface area contributed by atoms with Gasteiger partial charge in [-0.05, 0) is 26.0 Å². The van der Waals surface area contributed by atoms with E-state index in [-0.39, 0.29) is 6.54 Å². The maximum atomic E-state index is 12.8. The largest absolute Gasteiger partial charge is 0.367 e. The number of ether oxygens (including phenoxy) is 1. The normalized spacial score (nSPS) is 19.8. The fraction of sp³-hybridized carbons (Fsp3) is 0.467. The van der Waals surface area contributed by atoms with Gasteiger partial charge in [-0.15, -0.1) is 10.2 Å². The molecule has 1 aliphatic rings. The van der Waals surface area contributed by atoms with Crippen LogP contribution in [0.4, 0.5) is 0 Å². The third-order valence-corrected chi connectivity index (χ3v) is 5.84. The van der Waals surface area contributed by atoms with E-state index < -0.39 is 16.1 Å². The van der Waals surface area contributed by atoms with Crippen molar-refractivity contribution in [2.45, 2.75) is 31.4 Å². The minimum atomic E-state index is -3.53. The quantitative estimate of drug-likeness (QED) is 0.843. The Hall–Kier alpha value is -1.77. The van der Waals surface area contributed by atoms with Crippen molar-refractivity contribution in [3.05, 3.63) is 42.0 Å². The fourth-order valence-corrected chi connectivity index (χ4v) is 4.04. The minimum absolute atomic E-state index is 0.245. The summed E-state index contributed by atoms with van der Waals surface area (Å²) in [5, 5.41) is 7.97. The van der Waals surface area contributed by atoms with Crippen molar-refractivity contribution in [3.8, 4) is 0 Å². The molecule has 1 fully saturated rings. The maximum Gasteiger partial charge on any atom is 0.243 e. The van der Waals surface area contributed by atoms with Crippen LogP contribution in [-0.2, 0) is 21.3 Å². The lowest BCUT2D eigenvalue weighted by molar-refractivity contribution is -0.00950. The molecule has 0 spiro atoms. The molecule has 2 heterocycles. The summed E-state index contributed by atoms with van der Waals surface area (Å²) in [5.74, 6) is 0.663. The predicted molar refractivity (Wildman–Crippen MR) is 84.3 cm³/mol. The minimum Gasteiger partial charge on any atom is -0.367 e. The Bertz CT molecular complexity index is 770. The van der Waals surface area contributed by atoms with Crippen LogP contribution in [-0.4, -0.2) is 47.2 Å². The summed E-state index contributed by atoms with van der Waals surface area (Å²) in [4.78, 5) is 0.306. The molecule has 0 bridgehead atoms. The molecule has 0 amide bonds. The molecule has 23 heavy (non-hydrogen) atoms.